The molecule has 7 nitrogen and oxygen atoms in total. The zero-order chi connectivity index (χ0) is 14.8. The summed E-state index contributed by atoms with van der Waals surface area (Å²) in [5.74, 6) is 0.988. The van der Waals surface area contributed by atoms with E-state index >= 15 is 0 Å². The highest BCUT2D eigenvalue weighted by atomic mass is 16.7. The van der Waals surface area contributed by atoms with Gasteiger partial charge in [-0.2, -0.15) is 0 Å². The lowest BCUT2D eigenvalue weighted by molar-refractivity contribution is -0.384. The van der Waals surface area contributed by atoms with E-state index in [-0.39, 0.29) is 12.5 Å². The van der Waals surface area contributed by atoms with Gasteiger partial charge in [0.25, 0.3) is 5.69 Å². The van der Waals surface area contributed by atoms with Crippen molar-refractivity contribution in [3.05, 3.63) is 22.2 Å². The van der Waals surface area contributed by atoms with Crippen molar-refractivity contribution < 1.29 is 14.4 Å². The van der Waals surface area contributed by atoms with Crippen molar-refractivity contribution in [1.82, 2.24) is 4.90 Å². The van der Waals surface area contributed by atoms with Gasteiger partial charge in [-0.1, -0.05) is 6.42 Å². The second-order valence-corrected chi connectivity index (χ2v) is 5.49. The highest BCUT2D eigenvalue weighted by Gasteiger charge is 2.25. The van der Waals surface area contributed by atoms with Crippen LogP contribution in [0.4, 0.5) is 11.4 Å². The van der Waals surface area contributed by atoms with E-state index in [1.54, 1.807) is 6.07 Å². The average molecular weight is 293 g/mol. The van der Waals surface area contributed by atoms with E-state index in [0.29, 0.717) is 29.8 Å². The molecule has 3 rings (SSSR count). The Kier molecular flexibility index (Phi) is 3.83. The molecule has 0 aromatic heterocycles. The maximum Gasteiger partial charge on any atom is 0.296 e. The first kappa shape index (κ1) is 13.9. The van der Waals surface area contributed by atoms with Crippen molar-refractivity contribution in [3.63, 3.8) is 0 Å². The Bertz CT molecular complexity index is 549. The van der Waals surface area contributed by atoms with Crippen LogP contribution in [0.1, 0.15) is 19.3 Å². The number of likely N-dealkylation sites (tertiary alicyclic amines) is 1. The van der Waals surface area contributed by atoms with Crippen LogP contribution in [0, 0.1) is 10.1 Å². The third-order valence-corrected chi connectivity index (χ3v) is 4.14. The number of nitrogens with zero attached hydrogens (tertiary/aromatic N) is 2. The first-order valence-electron chi connectivity index (χ1n) is 7.17. The molecule has 1 aromatic rings. The molecule has 0 spiro atoms. The summed E-state index contributed by atoms with van der Waals surface area (Å²) in [7, 11) is 2.10. The monoisotopic (exact) mass is 293 g/mol. The van der Waals surface area contributed by atoms with Gasteiger partial charge in [0.05, 0.1) is 11.0 Å². The Balaban J connectivity index is 1.76. The van der Waals surface area contributed by atoms with Crippen molar-refractivity contribution in [2.75, 3.05) is 32.2 Å². The fourth-order valence-corrected chi connectivity index (χ4v) is 2.85. The predicted molar refractivity (Wildman–Crippen MR) is 78.0 cm³/mol. The van der Waals surface area contributed by atoms with Gasteiger partial charge in [0.1, 0.15) is 5.69 Å². The second kappa shape index (κ2) is 5.77. The third-order valence-electron chi connectivity index (χ3n) is 4.14. The Morgan fingerprint density at radius 1 is 1.38 bits per heavy atom. The van der Waals surface area contributed by atoms with E-state index in [1.807, 2.05) is 0 Å². The molecule has 1 unspecified atom stereocenters. The minimum absolute atomic E-state index is 0.0257. The van der Waals surface area contributed by atoms with E-state index in [4.69, 9.17) is 9.47 Å². The molecule has 1 atom stereocenters. The number of nitro groups is 1. The van der Waals surface area contributed by atoms with Crippen molar-refractivity contribution >= 4 is 11.4 Å². The normalized spacial score (nSPS) is 21.3. The first-order valence-corrected chi connectivity index (χ1v) is 7.17. The molecule has 1 aromatic carbocycles. The molecular weight excluding hydrogens is 274 g/mol. The quantitative estimate of drug-likeness (QED) is 0.677. The number of benzene rings is 1. The van der Waals surface area contributed by atoms with Gasteiger partial charge < -0.3 is 19.7 Å². The smallest absolute Gasteiger partial charge is 0.296 e. The number of hydrogen-bond acceptors (Lipinski definition) is 6. The molecular formula is C14H19N3O4. The molecule has 1 N–H and O–H groups in total. The maximum absolute atomic E-state index is 11.2. The lowest BCUT2D eigenvalue weighted by atomic mass is 10.0. The maximum atomic E-state index is 11.2. The highest BCUT2D eigenvalue weighted by Crippen LogP contribution is 2.40. The lowest BCUT2D eigenvalue weighted by Gasteiger charge is -2.32. The zero-order valence-corrected chi connectivity index (χ0v) is 12.0. The molecule has 2 aliphatic heterocycles. The minimum atomic E-state index is -0.394. The van der Waals surface area contributed by atoms with Gasteiger partial charge in [0.2, 0.25) is 6.79 Å². The fourth-order valence-electron chi connectivity index (χ4n) is 2.85. The average Bonchev–Trinajstić information content (AvgIpc) is 2.92. The van der Waals surface area contributed by atoms with E-state index in [0.717, 1.165) is 13.0 Å². The van der Waals surface area contributed by atoms with Crippen LogP contribution in [0.15, 0.2) is 12.1 Å². The Labute approximate surface area is 123 Å². The molecule has 0 bridgehead atoms. The SMILES string of the molecule is CN1CCCCC1CNc1cc2c(cc1[N+](=O)[O-])OCO2. The first-order chi connectivity index (χ1) is 10.1. The molecule has 0 aliphatic carbocycles. The number of fused-ring (bicyclic) bond motifs is 1. The summed E-state index contributed by atoms with van der Waals surface area (Å²) < 4.78 is 10.5. The largest absolute Gasteiger partial charge is 0.454 e. The summed E-state index contributed by atoms with van der Waals surface area (Å²) in [6.45, 7) is 1.88. The number of rotatable bonds is 4. The number of ether oxygens (including phenoxy) is 2. The zero-order valence-electron chi connectivity index (χ0n) is 12.0. The molecule has 21 heavy (non-hydrogen) atoms. The Hall–Kier alpha value is -2.02. The molecule has 114 valence electrons. The van der Waals surface area contributed by atoms with Crippen LogP contribution in [0.5, 0.6) is 11.5 Å². The van der Waals surface area contributed by atoms with Gasteiger partial charge in [0, 0.05) is 18.7 Å². The van der Waals surface area contributed by atoms with Crippen LogP contribution in [0.25, 0.3) is 0 Å². The highest BCUT2D eigenvalue weighted by molar-refractivity contribution is 5.69. The van der Waals surface area contributed by atoms with Crippen molar-refractivity contribution in [1.29, 1.82) is 0 Å². The lowest BCUT2D eigenvalue weighted by Crippen LogP contribution is -2.40. The number of nitro benzene ring substituents is 1. The number of nitrogens with one attached hydrogen (secondary N) is 1. The van der Waals surface area contributed by atoms with E-state index in [9.17, 15) is 10.1 Å². The van der Waals surface area contributed by atoms with E-state index in [1.165, 1.54) is 18.9 Å². The number of hydrogen-bond donors (Lipinski definition) is 1. The van der Waals surface area contributed by atoms with Crippen LogP contribution in [0.3, 0.4) is 0 Å². The topological polar surface area (TPSA) is 76.9 Å². The Morgan fingerprint density at radius 2 is 2.14 bits per heavy atom. The van der Waals surface area contributed by atoms with Gasteiger partial charge in [-0.15, -0.1) is 0 Å². The summed E-state index contributed by atoms with van der Waals surface area (Å²) in [5.41, 5.74) is 0.515. The molecule has 0 radical (unpaired) electrons. The van der Waals surface area contributed by atoms with Crippen molar-refractivity contribution in [2.24, 2.45) is 0 Å². The molecule has 2 heterocycles. The summed E-state index contributed by atoms with van der Waals surface area (Å²) in [4.78, 5) is 13.1. The van der Waals surface area contributed by atoms with Gasteiger partial charge >= 0.3 is 0 Å². The molecule has 0 saturated carbocycles. The molecule has 1 saturated heterocycles. The fraction of sp³-hybridized carbons (Fsp3) is 0.571. The van der Waals surface area contributed by atoms with Gasteiger partial charge in [-0.25, -0.2) is 0 Å². The third kappa shape index (κ3) is 2.87. The summed E-state index contributed by atoms with van der Waals surface area (Å²) in [5, 5.41) is 14.4. The van der Waals surface area contributed by atoms with Gasteiger partial charge in [0.15, 0.2) is 11.5 Å². The standard InChI is InChI=1S/C14H19N3O4/c1-16-5-3-2-4-10(16)8-15-11-6-13-14(21-9-20-13)7-12(11)17(18)19/h6-7,10,15H,2-5,8-9H2,1H3. The second-order valence-electron chi connectivity index (χ2n) is 5.49. The van der Waals surface area contributed by atoms with Crippen molar-refractivity contribution in [3.8, 4) is 11.5 Å². The van der Waals surface area contributed by atoms with Crippen LogP contribution < -0.4 is 14.8 Å². The summed E-state index contributed by atoms with van der Waals surface area (Å²) in [6, 6.07) is 3.49. The summed E-state index contributed by atoms with van der Waals surface area (Å²) in [6.07, 6.45) is 3.54. The summed E-state index contributed by atoms with van der Waals surface area (Å²) >= 11 is 0. The predicted octanol–water partition coefficient (Wildman–Crippen LogP) is 2.22. The van der Waals surface area contributed by atoms with Crippen LogP contribution in [0.2, 0.25) is 0 Å². The number of piperidine rings is 1. The van der Waals surface area contributed by atoms with Gasteiger partial charge in [-0.3, -0.25) is 10.1 Å². The van der Waals surface area contributed by atoms with Crippen molar-refractivity contribution in [2.45, 2.75) is 25.3 Å². The van der Waals surface area contributed by atoms with Crippen LogP contribution in [-0.2, 0) is 0 Å². The van der Waals surface area contributed by atoms with E-state index < -0.39 is 4.92 Å². The van der Waals surface area contributed by atoms with Crippen LogP contribution >= 0.6 is 0 Å². The minimum Gasteiger partial charge on any atom is -0.454 e. The molecule has 2 aliphatic rings. The number of likely N-dealkylation sites (N-methyl/N-ethyl adjacent to an activating group) is 1. The molecule has 1 fully saturated rings. The van der Waals surface area contributed by atoms with Gasteiger partial charge in [-0.05, 0) is 26.4 Å². The Morgan fingerprint density at radius 3 is 2.86 bits per heavy atom. The van der Waals surface area contributed by atoms with E-state index in [2.05, 4.69) is 17.3 Å². The number of anilines is 1. The molecule has 0 amide bonds. The molecule has 7 heteroatoms. The van der Waals surface area contributed by atoms with Crippen LogP contribution in [-0.4, -0.2) is 42.8 Å².